The molecule has 0 aliphatic carbocycles. The number of hydrogen-bond donors (Lipinski definition) is 2. The van der Waals surface area contributed by atoms with E-state index < -0.39 is 0 Å². The second-order valence-corrected chi connectivity index (χ2v) is 9.36. The second-order valence-electron chi connectivity index (χ2n) is 8.51. The molecule has 1 fully saturated rings. The zero-order valence-electron chi connectivity index (χ0n) is 18.8. The van der Waals surface area contributed by atoms with Gasteiger partial charge in [0.05, 0.1) is 18.3 Å². The summed E-state index contributed by atoms with van der Waals surface area (Å²) >= 11 is 3.63. The fraction of sp³-hybridized carbons (Fsp3) is 0.348. The number of nitrogens with two attached hydrogens (primary N) is 1. The van der Waals surface area contributed by atoms with E-state index in [0.29, 0.717) is 18.9 Å². The van der Waals surface area contributed by atoms with Gasteiger partial charge in [0.2, 0.25) is 0 Å². The number of imidazole rings is 1. The van der Waals surface area contributed by atoms with E-state index in [4.69, 9.17) is 15.5 Å². The molecule has 1 aliphatic heterocycles. The van der Waals surface area contributed by atoms with E-state index >= 15 is 0 Å². The van der Waals surface area contributed by atoms with Crippen LogP contribution in [0.2, 0.25) is 0 Å². The Bertz CT molecular complexity index is 1350. The molecule has 3 N–H and O–H groups in total. The van der Waals surface area contributed by atoms with Gasteiger partial charge in [0.25, 0.3) is 0 Å². The molecule has 0 atom stereocenters. The van der Waals surface area contributed by atoms with Gasteiger partial charge in [-0.05, 0) is 31.0 Å². The van der Waals surface area contributed by atoms with Crippen molar-refractivity contribution < 1.29 is 9.53 Å². The van der Waals surface area contributed by atoms with Crippen LogP contribution >= 0.6 is 15.9 Å². The van der Waals surface area contributed by atoms with Crippen LogP contribution in [0.1, 0.15) is 24.6 Å². The number of methoxy groups -OCH3 is 1. The van der Waals surface area contributed by atoms with Crippen LogP contribution in [-0.4, -0.2) is 69.5 Å². The number of aromatic nitrogens is 4. The Morgan fingerprint density at radius 2 is 2.06 bits per heavy atom. The van der Waals surface area contributed by atoms with Crippen LogP contribution in [-0.2, 0) is 0 Å². The Balaban J connectivity index is 1.58. The summed E-state index contributed by atoms with van der Waals surface area (Å²) in [6.45, 7) is 1.39. The van der Waals surface area contributed by atoms with Gasteiger partial charge >= 0.3 is 6.03 Å². The second kappa shape index (κ2) is 8.26. The number of ether oxygens (including phenoxy) is 1. The molecule has 0 bridgehead atoms. The number of anilines is 1. The number of H-pyrrole nitrogens is 1. The standard InChI is InChI=1S/C23H26BrN7O2/c1-29(2)23(32)30-9-6-13(7-10-30)22-28-19(20-21(25)26-8-11-31(20)22)16-12-14-15(24)4-5-17(33-3)18(14)27-16/h4-5,8,11-13,27H,6-7,9-10H2,1-3H3,(H2,25,26). The highest BCUT2D eigenvalue weighted by atomic mass is 79.9. The normalized spacial score (nSPS) is 14.8. The fourth-order valence-electron chi connectivity index (χ4n) is 4.63. The van der Waals surface area contributed by atoms with E-state index in [1.165, 1.54) is 0 Å². The molecule has 3 aromatic heterocycles. The lowest BCUT2D eigenvalue weighted by Gasteiger charge is -2.33. The minimum Gasteiger partial charge on any atom is -0.495 e. The molecule has 2 amide bonds. The van der Waals surface area contributed by atoms with E-state index in [2.05, 4.69) is 32.0 Å². The number of nitrogens with one attached hydrogen (secondary N) is 1. The number of amides is 2. The van der Waals surface area contributed by atoms with Crippen LogP contribution < -0.4 is 10.5 Å². The molecule has 172 valence electrons. The summed E-state index contributed by atoms with van der Waals surface area (Å²) in [5, 5.41) is 1.00. The summed E-state index contributed by atoms with van der Waals surface area (Å²) in [7, 11) is 5.22. The Kier molecular flexibility index (Phi) is 5.40. The molecule has 1 aliphatic rings. The molecule has 0 unspecified atom stereocenters. The van der Waals surface area contributed by atoms with E-state index in [1.807, 2.05) is 27.6 Å². The van der Waals surface area contributed by atoms with Crippen molar-refractivity contribution in [2.75, 3.05) is 40.0 Å². The van der Waals surface area contributed by atoms with Gasteiger partial charge in [-0.3, -0.25) is 4.40 Å². The summed E-state index contributed by atoms with van der Waals surface area (Å²) in [6.07, 6.45) is 5.29. The predicted octanol–water partition coefficient (Wildman–Crippen LogP) is 4.09. The number of piperidine rings is 1. The van der Waals surface area contributed by atoms with Crippen molar-refractivity contribution in [3.8, 4) is 17.1 Å². The maximum atomic E-state index is 12.3. The average molecular weight is 512 g/mol. The number of benzene rings is 1. The zero-order chi connectivity index (χ0) is 23.3. The highest BCUT2D eigenvalue weighted by Gasteiger charge is 2.29. The molecule has 10 heteroatoms. The van der Waals surface area contributed by atoms with Crippen molar-refractivity contribution in [2.24, 2.45) is 0 Å². The van der Waals surface area contributed by atoms with Gasteiger partial charge in [0.1, 0.15) is 28.6 Å². The number of urea groups is 1. The molecule has 5 rings (SSSR count). The highest BCUT2D eigenvalue weighted by Crippen LogP contribution is 2.38. The predicted molar refractivity (Wildman–Crippen MR) is 132 cm³/mol. The number of rotatable bonds is 3. The van der Waals surface area contributed by atoms with Crippen molar-refractivity contribution in [1.82, 2.24) is 29.2 Å². The van der Waals surface area contributed by atoms with Gasteiger partial charge in [-0.1, -0.05) is 15.9 Å². The average Bonchev–Trinajstić information content (AvgIpc) is 3.43. The van der Waals surface area contributed by atoms with Gasteiger partial charge in [-0.25, -0.2) is 14.8 Å². The topological polar surface area (TPSA) is 105 Å². The van der Waals surface area contributed by atoms with Crippen LogP contribution in [0.5, 0.6) is 5.75 Å². The van der Waals surface area contributed by atoms with Gasteiger partial charge < -0.3 is 25.3 Å². The maximum absolute atomic E-state index is 12.3. The number of nitrogen functional groups attached to an aromatic ring is 1. The summed E-state index contributed by atoms with van der Waals surface area (Å²) in [4.78, 5) is 28.7. The lowest BCUT2D eigenvalue weighted by Crippen LogP contribution is -2.43. The van der Waals surface area contributed by atoms with Crippen LogP contribution in [0.4, 0.5) is 10.6 Å². The van der Waals surface area contributed by atoms with Gasteiger partial charge in [-0.2, -0.15) is 0 Å². The zero-order valence-corrected chi connectivity index (χ0v) is 20.4. The Morgan fingerprint density at radius 1 is 1.30 bits per heavy atom. The number of halogens is 1. The SMILES string of the molecule is COc1ccc(Br)c2cc(-c3nc(C4CCN(C(=O)N(C)C)CC4)n4ccnc(N)c34)[nH]c12. The van der Waals surface area contributed by atoms with Gasteiger partial charge in [-0.15, -0.1) is 0 Å². The molecule has 0 saturated carbocycles. The minimum absolute atomic E-state index is 0.0492. The molecule has 1 saturated heterocycles. The Hall–Kier alpha value is -3.27. The van der Waals surface area contributed by atoms with Crippen molar-refractivity contribution in [3.05, 3.63) is 40.9 Å². The number of nitrogens with zero attached hydrogens (tertiary/aromatic N) is 5. The first-order valence-electron chi connectivity index (χ1n) is 10.8. The molecular formula is C23H26BrN7O2. The first-order chi connectivity index (χ1) is 15.9. The lowest BCUT2D eigenvalue weighted by molar-refractivity contribution is 0.155. The molecule has 0 spiro atoms. The molecule has 9 nitrogen and oxygen atoms in total. The molecular weight excluding hydrogens is 486 g/mol. The molecule has 33 heavy (non-hydrogen) atoms. The van der Waals surface area contributed by atoms with Gasteiger partial charge in [0.15, 0.2) is 0 Å². The van der Waals surface area contributed by atoms with E-state index in [0.717, 1.165) is 56.7 Å². The third kappa shape index (κ3) is 3.58. The summed E-state index contributed by atoms with van der Waals surface area (Å²) in [5.41, 5.74) is 9.61. The number of hydrogen-bond acceptors (Lipinski definition) is 5. The van der Waals surface area contributed by atoms with E-state index in [9.17, 15) is 4.79 Å². The maximum Gasteiger partial charge on any atom is 0.319 e. The minimum atomic E-state index is 0.0492. The van der Waals surface area contributed by atoms with E-state index in [-0.39, 0.29) is 11.9 Å². The lowest BCUT2D eigenvalue weighted by atomic mass is 9.96. The number of likely N-dealkylation sites (tertiary alicyclic amines) is 1. The molecule has 1 aromatic carbocycles. The fourth-order valence-corrected chi connectivity index (χ4v) is 5.08. The number of carbonyl (C=O) groups excluding carboxylic acids is 1. The van der Waals surface area contributed by atoms with Crippen molar-refractivity contribution in [1.29, 1.82) is 0 Å². The monoisotopic (exact) mass is 511 g/mol. The Morgan fingerprint density at radius 3 is 2.76 bits per heavy atom. The first kappa shape index (κ1) is 21.6. The molecule has 4 heterocycles. The summed E-state index contributed by atoms with van der Waals surface area (Å²) in [5.74, 6) is 2.34. The van der Waals surface area contributed by atoms with Gasteiger partial charge in [0, 0.05) is 55.4 Å². The van der Waals surface area contributed by atoms with Crippen LogP contribution in [0.3, 0.4) is 0 Å². The van der Waals surface area contributed by atoms with Crippen LogP contribution in [0, 0.1) is 0 Å². The summed E-state index contributed by atoms with van der Waals surface area (Å²) < 4.78 is 8.55. The van der Waals surface area contributed by atoms with E-state index in [1.54, 1.807) is 32.3 Å². The number of aromatic amines is 1. The van der Waals surface area contributed by atoms with Crippen LogP contribution in [0.25, 0.3) is 27.8 Å². The molecule has 4 aromatic rings. The van der Waals surface area contributed by atoms with Crippen molar-refractivity contribution in [2.45, 2.75) is 18.8 Å². The molecule has 0 radical (unpaired) electrons. The summed E-state index contributed by atoms with van der Waals surface area (Å²) in [6, 6.07) is 5.99. The van der Waals surface area contributed by atoms with Crippen LogP contribution in [0.15, 0.2) is 35.1 Å². The smallest absolute Gasteiger partial charge is 0.319 e. The third-order valence-electron chi connectivity index (χ3n) is 6.30. The Labute approximate surface area is 199 Å². The third-order valence-corrected chi connectivity index (χ3v) is 6.99. The highest BCUT2D eigenvalue weighted by molar-refractivity contribution is 9.10. The largest absolute Gasteiger partial charge is 0.495 e. The quantitative estimate of drug-likeness (QED) is 0.430. The first-order valence-corrected chi connectivity index (χ1v) is 11.6. The van der Waals surface area contributed by atoms with Crippen molar-refractivity contribution in [3.63, 3.8) is 0 Å². The number of fused-ring (bicyclic) bond motifs is 2. The van der Waals surface area contributed by atoms with Crippen molar-refractivity contribution >= 4 is 44.2 Å². The number of carbonyl (C=O) groups is 1.